The molecular formula is C16H11ClF2N4O3. The van der Waals surface area contributed by atoms with E-state index in [2.05, 4.69) is 15.6 Å². The number of hydrogen-bond acceptors (Lipinski definition) is 4. The molecule has 3 rings (SSSR count). The molecule has 1 heterocycles. The maximum absolute atomic E-state index is 13.2. The van der Waals surface area contributed by atoms with E-state index in [9.17, 15) is 23.5 Å². The molecule has 0 fully saturated rings. The van der Waals surface area contributed by atoms with Crippen LogP contribution in [0.2, 0.25) is 5.02 Å². The molecule has 1 atom stereocenters. The van der Waals surface area contributed by atoms with Crippen LogP contribution in [0.1, 0.15) is 22.0 Å². The van der Waals surface area contributed by atoms with Crippen molar-refractivity contribution in [3.05, 3.63) is 64.3 Å². The Hall–Kier alpha value is -3.04. The number of halogens is 3. The number of aromatic nitrogens is 2. The van der Waals surface area contributed by atoms with E-state index in [1.165, 1.54) is 18.3 Å². The summed E-state index contributed by atoms with van der Waals surface area (Å²) in [5, 5.41) is 17.2. The molecule has 4 N–H and O–H groups in total. The van der Waals surface area contributed by atoms with Crippen LogP contribution in [0.4, 0.5) is 8.78 Å². The molecule has 1 unspecified atom stereocenters. The second kappa shape index (κ2) is 7.06. The third-order valence-corrected chi connectivity index (χ3v) is 3.87. The van der Waals surface area contributed by atoms with E-state index in [4.69, 9.17) is 11.6 Å². The van der Waals surface area contributed by atoms with Gasteiger partial charge in [-0.25, -0.2) is 8.78 Å². The van der Waals surface area contributed by atoms with Crippen LogP contribution in [0.15, 0.2) is 36.5 Å². The molecule has 10 heteroatoms. The van der Waals surface area contributed by atoms with E-state index in [0.717, 1.165) is 12.1 Å². The van der Waals surface area contributed by atoms with Crippen molar-refractivity contribution < 1.29 is 23.5 Å². The van der Waals surface area contributed by atoms with Gasteiger partial charge in [0.1, 0.15) is 0 Å². The molecule has 0 saturated heterocycles. The number of hydrazine groups is 1. The van der Waals surface area contributed by atoms with Crippen molar-refractivity contribution in [2.24, 2.45) is 0 Å². The number of benzene rings is 2. The molecule has 2 aromatic carbocycles. The van der Waals surface area contributed by atoms with Gasteiger partial charge in [0.05, 0.1) is 16.7 Å². The smallest absolute Gasteiger partial charge is 0.271 e. The van der Waals surface area contributed by atoms with Crippen LogP contribution >= 0.6 is 11.6 Å². The van der Waals surface area contributed by atoms with Crippen LogP contribution in [0.25, 0.3) is 10.9 Å². The lowest BCUT2D eigenvalue weighted by Crippen LogP contribution is -2.44. The van der Waals surface area contributed by atoms with Crippen LogP contribution in [0.3, 0.4) is 0 Å². The van der Waals surface area contributed by atoms with Crippen molar-refractivity contribution in [3.8, 4) is 0 Å². The zero-order valence-corrected chi connectivity index (χ0v) is 13.6. The summed E-state index contributed by atoms with van der Waals surface area (Å²) >= 11 is 6.02. The number of nitrogens with zero attached hydrogens (tertiary/aromatic N) is 1. The van der Waals surface area contributed by atoms with Gasteiger partial charge in [0.25, 0.3) is 11.8 Å². The van der Waals surface area contributed by atoms with Crippen molar-refractivity contribution in [1.29, 1.82) is 0 Å². The Morgan fingerprint density at radius 1 is 1.15 bits per heavy atom. The Kier molecular flexibility index (Phi) is 4.83. The molecule has 0 aliphatic carbocycles. The second-order valence-corrected chi connectivity index (χ2v) is 5.72. The van der Waals surface area contributed by atoms with Gasteiger partial charge in [0, 0.05) is 10.9 Å². The van der Waals surface area contributed by atoms with Crippen molar-refractivity contribution in [1.82, 2.24) is 21.0 Å². The Morgan fingerprint density at radius 3 is 2.65 bits per heavy atom. The minimum atomic E-state index is -1.80. The average Bonchev–Trinajstić information content (AvgIpc) is 3.10. The van der Waals surface area contributed by atoms with Crippen LogP contribution in [-0.2, 0) is 4.79 Å². The normalized spacial score (nSPS) is 12.0. The van der Waals surface area contributed by atoms with E-state index in [1.807, 2.05) is 5.43 Å². The van der Waals surface area contributed by atoms with Gasteiger partial charge in [-0.1, -0.05) is 17.7 Å². The van der Waals surface area contributed by atoms with Gasteiger partial charge in [-0.3, -0.25) is 25.5 Å². The Labute approximate surface area is 149 Å². The van der Waals surface area contributed by atoms with Gasteiger partial charge in [0.2, 0.25) is 0 Å². The average molecular weight is 381 g/mol. The zero-order valence-electron chi connectivity index (χ0n) is 12.9. The number of carbonyl (C=O) groups excluding carboxylic acids is 2. The fourth-order valence-electron chi connectivity index (χ4n) is 2.24. The highest BCUT2D eigenvalue weighted by Crippen LogP contribution is 2.23. The number of nitrogens with one attached hydrogen (secondary N) is 3. The maximum Gasteiger partial charge on any atom is 0.271 e. The van der Waals surface area contributed by atoms with Crippen molar-refractivity contribution in [2.75, 3.05) is 0 Å². The Balaban J connectivity index is 1.67. The number of aromatic amines is 1. The topological polar surface area (TPSA) is 107 Å². The fraction of sp³-hybridized carbons (Fsp3) is 0.0625. The quantitative estimate of drug-likeness (QED) is 0.521. The third kappa shape index (κ3) is 3.48. The maximum atomic E-state index is 13.2. The number of rotatable bonds is 3. The molecule has 3 aromatic rings. The molecule has 0 bridgehead atoms. The molecule has 0 aliphatic rings. The summed E-state index contributed by atoms with van der Waals surface area (Å²) in [6.07, 6.45) is -0.325. The first-order chi connectivity index (χ1) is 12.4. The summed E-state index contributed by atoms with van der Waals surface area (Å²) in [6, 6.07) is 5.39. The number of aliphatic hydroxyl groups is 1. The fourth-order valence-corrected chi connectivity index (χ4v) is 2.51. The van der Waals surface area contributed by atoms with Crippen LogP contribution in [0, 0.1) is 11.6 Å². The van der Waals surface area contributed by atoms with Gasteiger partial charge >= 0.3 is 0 Å². The molecule has 2 amide bonds. The number of hydrogen-bond donors (Lipinski definition) is 4. The van der Waals surface area contributed by atoms with E-state index in [-0.39, 0.29) is 16.1 Å². The monoisotopic (exact) mass is 380 g/mol. The third-order valence-electron chi connectivity index (χ3n) is 3.57. The molecule has 134 valence electrons. The molecule has 0 aliphatic heterocycles. The molecule has 0 radical (unpaired) electrons. The molecule has 0 spiro atoms. The number of H-pyrrole nitrogens is 1. The lowest BCUT2D eigenvalue weighted by atomic mass is 10.1. The number of fused-ring (bicyclic) bond motifs is 1. The first kappa shape index (κ1) is 17.8. The lowest BCUT2D eigenvalue weighted by molar-refractivity contribution is -0.130. The highest BCUT2D eigenvalue weighted by Gasteiger charge is 2.20. The van der Waals surface area contributed by atoms with E-state index in [1.54, 1.807) is 0 Å². The Bertz CT molecular complexity index is 1010. The zero-order chi connectivity index (χ0) is 18.8. The summed E-state index contributed by atoms with van der Waals surface area (Å²) < 4.78 is 26.1. The second-order valence-electron chi connectivity index (χ2n) is 5.31. The number of carbonyl (C=O) groups is 2. The van der Waals surface area contributed by atoms with Gasteiger partial charge in [0.15, 0.2) is 17.7 Å². The minimum absolute atomic E-state index is 0.145. The van der Waals surface area contributed by atoms with Gasteiger partial charge in [-0.15, -0.1) is 0 Å². The van der Waals surface area contributed by atoms with Crippen molar-refractivity contribution >= 4 is 34.3 Å². The number of aliphatic hydroxyl groups excluding tert-OH is 1. The minimum Gasteiger partial charge on any atom is -0.378 e. The van der Waals surface area contributed by atoms with Crippen LogP contribution < -0.4 is 10.9 Å². The van der Waals surface area contributed by atoms with Gasteiger partial charge < -0.3 is 5.11 Å². The summed E-state index contributed by atoms with van der Waals surface area (Å²) in [6.45, 7) is 0. The highest BCUT2D eigenvalue weighted by atomic mass is 35.5. The predicted octanol–water partition coefficient (Wildman–Crippen LogP) is 1.99. The molecule has 1 aromatic heterocycles. The van der Waals surface area contributed by atoms with E-state index < -0.39 is 29.6 Å². The summed E-state index contributed by atoms with van der Waals surface area (Å²) in [5.41, 5.74) is 4.64. The summed E-state index contributed by atoms with van der Waals surface area (Å²) in [5.74, 6) is -4.04. The lowest BCUT2D eigenvalue weighted by Gasteiger charge is -2.13. The molecule has 7 nitrogen and oxygen atoms in total. The Morgan fingerprint density at radius 2 is 1.92 bits per heavy atom. The highest BCUT2D eigenvalue weighted by molar-refractivity contribution is 6.35. The van der Waals surface area contributed by atoms with Gasteiger partial charge in [-0.2, -0.15) is 5.10 Å². The van der Waals surface area contributed by atoms with Crippen LogP contribution in [-0.4, -0.2) is 27.1 Å². The van der Waals surface area contributed by atoms with E-state index >= 15 is 0 Å². The standard InChI is InChI=1S/C16H11ClF2N4O3/c17-10-4-8(3-9-6-20-21-13(9)10)15(25)22-23-16(26)14(24)7-1-2-11(18)12(19)5-7/h1-6,14,24H,(H,20,21)(H,22,25)(H,23,26). The summed E-state index contributed by atoms with van der Waals surface area (Å²) in [7, 11) is 0. The van der Waals surface area contributed by atoms with E-state index in [0.29, 0.717) is 17.0 Å². The largest absolute Gasteiger partial charge is 0.378 e. The van der Waals surface area contributed by atoms with Crippen molar-refractivity contribution in [3.63, 3.8) is 0 Å². The molecular weight excluding hydrogens is 370 g/mol. The SMILES string of the molecule is O=C(NNC(=O)C(O)c1ccc(F)c(F)c1)c1cc(Cl)c2[nH]ncc2c1. The summed E-state index contributed by atoms with van der Waals surface area (Å²) in [4.78, 5) is 24.0. The van der Waals surface area contributed by atoms with Crippen LogP contribution in [0.5, 0.6) is 0 Å². The number of amides is 2. The predicted molar refractivity (Wildman–Crippen MR) is 88.0 cm³/mol. The first-order valence-corrected chi connectivity index (χ1v) is 7.60. The van der Waals surface area contributed by atoms with Gasteiger partial charge in [-0.05, 0) is 29.8 Å². The first-order valence-electron chi connectivity index (χ1n) is 7.22. The molecule has 0 saturated carbocycles. The molecule has 26 heavy (non-hydrogen) atoms. The van der Waals surface area contributed by atoms with Crippen molar-refractivity contribution in [2.45, 2.75) is 6.10 Å².